The van der Waals surface area contributed by atoms with Crippen LogP contribution in [0.5, 0.6) is 0 Å². The van der Waals surface area contributed by atoms with E-state index in [-0.39, 0.29) is 4.90 Å². The zero-order valence-electron chi connectivity index (χ0n) is 9.30. The summed E-state index contributed by atoms with van der Waals surface area (Å²) in [6.45, 7) is 0. The number of nitrogens with one attached hydrogen (secondary N) is 2. The number of primary sulfonamides is 1. The Bertz CT molecular complexity index is 656. The molecule has 9 heteroatoms. The van der Waals surface area contributed by atoms with Crippen molar-refractivity contribution in [2.24, 2.45) is 5.14 Å². The topological polar surface area (TPSA) is 87.5 Å². The van der Waals surface area contributed by atoms with Gasteiger partial charge in [-0.05, 0) is 36.4 Å². The van der Waals surface area contributed by atoms with Gasteiger partial charge in [0.1, 0.15) is 5.82 Å². The minimum atomic E-state index is -3.68. The van der Waals surface area contributed by atoms with Crippen molar-refractivity contribution in [2.45, 2.75) is 4.90 Å². The molecule has 0 atom stereocenters. The smallest absolute Gasteiger partial charge is 0.238 e. The number of nitrogens with two attached hydrogens (primary N) is 1. The molecule has 0 saturated heterocycles. The average molecular weight is 302 g/mol. The molecular formula is C9H10N4O2S3. The van der Waals surface area contributed by atoms with E-state index in [1.54, 1.807) is 23.9 Å². The van der Waals surface area contributed by atoms with Crippen LogP contribution in [0.3, 0.4) is 0 Å². The highest BCUT2D eigenvalue weighted by molar-refractivity contribution is 8.21. The van der Waals surface area contributed by atoms with Crippen molar-refractivity contribution in [1.82, 2.24) is 4.83 Å². The summed E-state index contributed by atoms with van der Waals surface area (Å²) in [5.41, 5.74) is 1.62. The molecule has 2 heterocycles. The maximum absolute atomic E-state index is 11.3. The lowest BCUT2D eigenvalue weighted by Gasteiger charge is -2.12. The van der Waals surface area contributed by atoms with Crippen molar-refractivity contribution in [1.29, 1.82) is 0 Å². The van der Waals surface area contributed by atoms with E-state index < -0.39 is 10.0 Å². The van der Waals surface area contributed by atoms with Crippen LogP contribution in [-0.2, 0) is 10.0 Å². The van der Waals surface area contributed by atoms with Gasteiger partial charge in [-0.15, -0.1) is 11.8 Å². The van der Waals surface area contributed by atoms with Gasteiger partial charge in [0.05, 0.1) is 20.5 Å². The number of nitrogens with zero attached hydrogens (tertiary/aromatic N) is 1. The predicted octanol–water partition coefficient (Wildman–Crippen LogP) is 1.22. The third-order valence-electron chi connectivity index (χ3n) is 2.62. The molecule has 2 aliphatic rings. The number of anilines is 2. The van der Waals surface area contributed by atoms with Crippen LogP contribution in [0.1, 0.15) is 0 Å². The molecule has 2 aliphatic heterocycles. The fraction of sp³-hybridized carbons (Fsp3) is 0.111. The van der Waals surface area contributed by atoms with E-state index in [2.05, 4.69) is 10.1 Å². The standard InChI is InChI=1S/C9H10N4O2S3/c1-16-9-8-11-6-3-2-5(18(10,14)15)4-7(6)13(8)12-17-9/h2-4,11-12H,1H3,(H2,10,14,15). The molecule has 0 saturated carbocycles. The van der Waals surface area contributed by atoms with Gasteiger partial charge in [-0.25, -0.2) is 18.6 Å². The van der Waals surface area contributed by atoms with Gasteiger partial charge in [-0.2, -0.15) is 4.83 Å². The Labute approximate surface area is 113 Å². The van der Waals surface area contributed by atoms with Gasteiger partial charge in [-0.1, -0.05) is 0 Å². The second-order valence-corrected chi connectivity index (χ2v) is 7.15. The van der Waals surface area contributed by atoms with E-state index in [1.807, 2.05) is 11.3 Å². The highest BCUT2D eigenvalue weighted by Gasteiger charge is 2.32. The summed E-state index contributed by atoms with van der Waals surface area (Å²) in [7, 11) is -3.68. The van der Waals surface area contributed by atoms with Crippen molar-refractivity contribution in [2.75, 3.05) is 16.6 Å². The molecule has 0 unspecified atom stereocenters. The summed E-state index contributed by atoms with van der Waals surface area (Å²) in [6.07, 6.45) is 1.99. The van der Waals surface area contributed by atoms with Crippen molar-refractivity contribution in [3.8, 4) is 0 Å². The summed E-state index contributed by atoms with van der Waals surface area (Å²) in [5, 5.41) is 10.2. The third-order valence-corrected chi connectivity index (χ3v) is 5.50. The van der Waals surface area contributed by atoms with Gasteiger partial charge in [0.25, 0.3) is 0 Å². The molecule has 4 N–H and O–H groups in total. The lowest BCUT2D eigenvalue weighted by atomic mass is 10.3. The second-order valence-electron chi connectivity index (χ2n) is 3.72. The summed E-state index contributed by atoms with van der Waals surface area (Å²) >= 11 is 3.11. The number of hydrogen-bond donors (Lipinski definition) is 3. The van der Waals surface area contributed by atoms with E-state index in [1.165, 1.54) is 18.0 Å². The van der Waals surface area contributed by atoms with Gasteiger partial charge in [-0.3, -0.25) is 0 Å². The predicted molar refractivity (Wildman–Crippen MR) is 75.2 cm³/mol. The molecule has 96 valence electrons. The minimum Gasteiger partial charge on any atom is -0.337 e. The third kappa shape index (κ3) is 1.79. The quantitative estimate of drug-likeness (QED) is 0.708. The highest BCUT2D eigenvalue weighted by Crippen LogP contribution is 2.45. The van der Waals surface area contributed by atoms with Crippen LogP contribution in [0, 0.1) is 0 Å². The van der Waals surface area contributed by atoms with E-state index in [0.717, 1.165) is 21.4 Å². The normalized spacial score (nSPS) is 17.8. The van der Waals surface area contributed by atoms with Gasteiger partial charge >= 0.3 is 0 Å². The fourth-order valence-corrected chi connectivity index (χ4v) is 3.71. The van der Waals surface area contributed by atoms with Crippen LogP contribution in [0.15, 0.2) is 33.2 Å². The van der Waals surface area contributed by atoms with Crippen LogP contribution in [0.2, 0.25) is 0 Å². The molecule has 1 aromatic rings. The molecule has 18 heavy (non-hydrogen) atoms. The van der Waals surface area contributed by atoms with E-state index in [4.69, 9.17) is 5.14 Å². The van der Waals surface area contributed by atoms with Crippen LogP contribution >= 0.6 is 23.7 Å². The molecule has 6 nitrogen and oxygen atoms in total. The van der Waals surface area contributed by atoms with E-state index >= 15 is 0 Å². The van der Waals surface area contributed by atoms with Crippen molar-refractivity contribution >= 4 is 45.1 Å². The number of sulfonamides is 1. The monoisotopic (exact) mass is 302 g/mol. The Morgan fingerprint density at radius 3 is 2.89 bits per heavy atom. The average Bonchev–Trinajstić information content (AvgIpc) is 2.84. The summed E-state index contributed by atoms with van der Waals surface area (Å²) in [5.74, 6) is 0.925. The lowest BCUT2D eigenvalue weighted by molar-refractivity contribution is 0.598. The van der Waals surface area contributed by atoms with Gasteiger partial charge in [0.2, 0.25) is 10.0 Å². The summed E-state index contributed by atoms with van der Waals surface area (Å²) in [4.78, 5) is 3.22. The fourth-order valence-electron chi connectivity index (χ4n) is 1.79. The maximum atomic E-state index is 11.3. The van der Waals surface area contributed by atoms with Crippen molar-refractivity contribution in [3.05, 3.63) is 28.3 Å². The maximum Gasteiger partial charge on any atom is 0.238 e. The first-order chi connectivity index (χ1) is 8.50. The molecular weight excluding hydrogens is 292 g/mol. The van der Waals surface area contributed by atoms with Crippen LogP contribution in [0.25, 0.3) is 0 Å². The minimum absolute atomic E-state index is 0.105. The Morgan fingerprint density at radius 2 is 2.22 bits per heavy atom. The number of benzene rings is 1. The summed E-state index contributed by atoms with van der Waals surface area (Å²) < 4.78 is 23.8. The zero-order valence-corrected chi connectivity index (χ0v) is 11.7. The Kier molecular flexibility index (Phi) is 2.75. The van der Waals surface area contributed by atoms with Gasteiger partial charge in [0.15, 0.2) is 0 Å². The lowest BCUT2D eigenvalue weighted by Crippen LogP contribution is -2.26. The van der Waals surface area contributed by atoms with Gasteiger partial charge in [0, 0.05) is 0 Å². The number of fused-ring (bicyclic) bond motifs is 3. The molecule has 3 rings (SSSR count). The molecule has 0 radical (unpaired) electrons. The summed E-state index contributed by atoms with van der Waals surface area (Å²) in [6, 6.07) is 4.77. The molecule has 0 aliphatic carbocycles. The second kappa shape index (κ2) is 4.07. The first-order valence-electron chi connectivity index (χ1n) is 4.95. The van der Waals surface area contributed by atoms with Crippen LogP contribution in [0.4, 0.5) is 11.4 Å². The van der Waals surface area contributed by atoms with E-state index in [0.29, 0.717) is 0 Å². The highest BCUT2D eigenvalue weighted by atomic mass is 32.2. The molecule has 1 aromatic carbocycles. The number of hydrogen-bond acceptors (Lipinski definition) is 7. The van der Waals surface area contributed by atoms with Gasteiger partial charge < -0.3 is 5.32 Å². The van der Waals surface area contributed by atoms with Crippen LogP contribution < -0.4 is 20.3 Å². The number of thioether (sulfide) groups is 1. The Morgan fingerprint density at radius 1 is 1.44 bits per heavy atom. The molecule has 0 aromatic heterocycles. The molecule has 0 amide bonds. The molecule has 0 bridgehead atoms. The van der Waals surface area contributed by atoms with Crippen molar-refractivity contribution in [3.63, 3.8) is 0 Å². The van der Waals surface area contributed by atoms with Crippen molar-refractivity contribution < 1.29 is 8.42 Å². The van der Waals surface area contributed by atoms with E-state index in [9.17, 15) is 8.42 Å². The zero-order chi connectivity index (χ0) is 12.9. The molecule has 0 fully saturated rings. The Balaban J connectivity index is 2.10. The number of rotatable bonds is 2. The first-order valence-corrected chi connectivity index (χ1v) is 8.54. The Hall–Kier alpha value is -0.870. The SMILES string of the molecule is CSC1=C2Nc3ccc(S(N)(=O)=O)cc3N2NS1. The first kappa shape index (κ1) is 12.2. The molecule has 0 spiro atoms. The van der Waals surface area contributed by atoms with Crippen LogP contribution in [-0.4, -0.2) is 14.7 Å². The number of hydrazine groups is 1. The largest absolute Gasteiger partial charge is 0.337 e.